The Morgan fingerprint density at radius 1 is 1.56 bits per heavy atom. The number of carboxylic acid groups (broad SMARTS) is 1. The maximum Gasteiger partial charge on any atom is 0.325 e. The Kier molecular flexibility index (Phi) is 2.96. The van der Waals surface area contributed by atoms with E-state index < -0.39 is 18.1 Å². The van der Waals surface area contributed by atoms with Crippen LogP contribution in [0.1, 0.15) is 18.5 Å². The van der Waals surface area contributed by atoms with Crippen LogP contribution in [0.15, 0.2) is 18.2 Å². The molecule has 1 aromatic carbocycles. The van der Waals surface area contributed by atoms with Gasteiger partial charge in [-0.25, -0.2) is 0 Å². The first kappa shape index (κ1) is 12.4. The van der Waals surface area contributed by atoms with Crippen LogP contribution >= 0.6 is 0 Å². The normalized spacial score (nSPS) is 20.1. The van der Waals surface area contributed by atoms with Crippen LogP contribution in [0.5, 0.6) is 5.75 Å². The van der Waals surface area contributed by atoms with Gasteiger partial charge in [0.2, 0.25) is 0 Å². The van der Waals surface area contributed by atoms with Crippen LogP contribution in [0.2, 0.25) is 0 Å². The number of anilines is 1. The van der Waals surface area contributed by atoms with E-state index >= 15 is 0 Å². The van der Waals surface area contributed by atoms with Crippen LogP contribution in [0.4, 0.5) is 5.69 Å². The molecule has 1 aromatic rings. The number of aliphatic carboxylic acids is 1. The molecule has 0 aromatic heterocycles. The third kappa shape index (κ3) is 1.91. The van der Waals surface area contributed by atoms with Crippen molar-refractivity contribution in [3.63, 3.8) is 0 Å². The van der Waals surface area contributed by atoms with Gasteiger partial charge < -0.3 is 20.5 Å². The predicted molar refractivity (Wildman–Crippen MR) is 64.5 cm³/mol. The number of likely N-dealkylation sites (N-methyl/N-ethyl adjacent to an activating group) is 1. The summed E-state index contributed by atoms with van der Waals surface area (Å²) in [4.78, 5) is 24.0. The van der Waals surface area contributed by atoms with Gasteiger partial charge in [0.1, 0.15) is 11.8 Å². The number of fused-ring (bicyclic) bond motifs is 1. The number of nitrogens with zero attached hydrogens (tertiary/aromatic N) is 1. The third-order valence-corrected chi connectivity index (χ3v) is 2.95. The Balaban J connectivity index is 2.43. The van der Waals surface area contributed by atoms with E-state index in [0.29, 0.717) is 17.0 Å². The van der Waals surface area contributed by atoms with Crippen LogP contribution in [-0.2, 0) is 9.59 Å². The molecule has 0 saturated heterocycles. The minimum absolute atomic E-state index is 0.177. The zero-order valence-electron chi connectivity index (χ0n) is 10.1. The molecule has 6 heteroatoms. The highest BCUT2D eigenvalue weighted by molar-refractivity contribution is 5.99. The van der Waals surface area contributed by atoms with Gasteiger partial charge in [-0.05, 0) is 24.6 Å². The van der Waals surface area contributed by atoms with E-state index in [-0.39, 0.29) is 5.91 Å². The van der Waals surface area contributed by atoms with Crippen molar-refractivity contribution in [1.82, 2.24) is 0 Å². The number of hydrogen-bond donors (Lipinski definition) is 2. The number of ether oxygens (including phenoxy) is 1. The van der Waals surface area contributed by atoms with Gasteiger partial charge in [-0.1, -0.05) is 6.07 Å². The van der Waals surface area contributed by atoms with Crippen LogP contribution in [-0.4, -0.2) is 30.1 Å². The van der Waals surface area contributed by atoms with Gasteiger partial charge in [-0.15, -0.1) is 0 Å². The molecule has 0 fully saturated rings. The van der Waals surface area contributed by atoms with Gasteiger partial charge in [0, 0.05) is 7.05 Å². The van der Waals surface area contributed by atoms with Crippen molar-refractivity contribution in [3.8, 4) is 5.75 Å². The fourth-order valence-corrected chi connectivity index (χ4v) is 1.86. The summed E-state index contributed by atoms with van der Waals surface area (Å²) in [5.74, 6) is -0.747. The van der Waals surface area contributed by atoms with Crippen LogP contribution in [0.3, 0.4) is 0 Å². The van der Waals surface area contributed by atoms with E-state index in [1.807, 2.05) is 0 Å². The first-order valence-electron chi connectivity index (χ1n) is 5.48. The monoisotopic (exact) mass is 250 g/mol. The fourth-order valence-electron chi connectivity index (χ4n) is 1.86. The smallest absolute Gasteiger partial charge is 0.325 e. The summed E-state index contributed by atoms with van der Waals surface area (Å²) in [6, 6.07) is 3.68. The minimum Gasteiger partial charge on any atom is -0.480 e. The summed E-state index contributed by atoms with van der Waals surface area (Å²) in [5.41, 5.74) is 6.50. The van der Waals surface area contributed by atoms with Crippen molar-refractivity contribution in [1.29, 1.82) is 0 Å². The zero-order valence-corrected chi connectivity index (χ0v) is 10.1. The zero-order chi connectivity index (χ0) is 13.4. The average molecular weight is 250 g/mol. The van der Waals surface area contributed by atoms with E-state index in [1.54, 1.807) is 32.2 Å². The maximum atomic E-state index is 11.8. The van der Waals surface area contributed by atoms with Crippen molar-refractivity contribution in [3.05, 3.63) is 23.8 Å². The van der Waals surface area contributed by atoms with Crippen molar-refractivity contribution in [2.24, 2.45) is 5.73 Å². The molecule has 2 unspecified atom stereocenters. The first-order chi connectivity index (χ1) is 8.41. The molecule has 2 rings (SSSR count). The number of nitrogens with two attached hydrogens (primary N) is 1. The highest BCUT2D eigenvalue weighted by Gasteiger charge is 2.29. The largest absolute Gasteiger partial charge is 0.480 e. The topological polar surface area (TPSA) is 92.9 Å². The Morgan fingerprint density at radius 2 is 2.22 bits per heavy atom. The summed E-state index contributed by atoms with van der Waals surface area (Å²) < 4.78 is 5.43. The number of carbonyl (C=O) groups excluding carboxylic acids is 1. The number of benzene rings is 1. The molecule has 1 aliphatic heterocycles. The SMILES string of the molecule is CC1Oc2ccc(C(N)C(=O)O)cc2N(C)C1=O. The van der Waals surface area contributed by atoms with Crippen molar-refractivity contribution < 1.29 is 19.4 Å². The number of hydrogen-bond acceptors (Lipinski definition) is 4. The lowest BCUT2D eigenvalue weighted by atomic mass is 10.1. The molecule has 0 aliphatic carbocycles. The lowest BCUT2D eigenvalue weighted by molar-refractivity contribution is -0.138. The summed E-state index contributed by atoms with van der Waals surface area (Å²) in [5, 5.41) is 8.86. The number of carboxylic acids is 1. The standard InChI is InChI=1S/C12H14N2O4/c1-6-11(15)14(2)8-5-7(10(13)12(16)17)3-4-9(8)18-6/h3-6,10H,13H2,1-2H3,(H,16,17). The second-order valence-corrected chi connectivity index (χ2v) is 4.20. The fraction of sp³-hybridized carbons (Fsp3) is 0.333. The molecule has 0 saturated carbocycles. The molecular formula is C12H14N2O4. The van der Waals surface area contributed by atoms with E-state index in [0.717, 1.165) is 0 Å². The van der Waals surface area contributed by atoms with E-state index in [2.05, 4.69) is 0 Å². The van der Waals surface area contributed by atoms with Gasteiger partial charge in [-0.3, -0.25) is 9.59 Å². The average Bonchev–Trinajstić information content (AvgIpc) is 2.35. The van der Waals surface area contributed by atoms with E-state index in [9.17, 15) is 9.59 Å². The molecule has 1 amide bonds. The summed E-state index contributed by atoms with van der Waals surface area (Å²) in [6.45, 7) is 1.67. The first-order valence-corrected chi connectivity index (χ1v) is 5.48. The van der Waals surface area contributed by atoms with Crippen LogP contribution in [0.25, 0.3) is 0 Å². The lowest BCUT2D eigenvalue weighted by Crippen LogP contribution is -2.42. The maximum absolute atomic E-state index is 11.8. The summed E-state index contributed by atoms with van der Waals surface area (Å²) in [6.07, 6.45) is -0.540. The molecule has 3 N–H and O–H groups in total. The van der Waals surface area contributed by atoms with Crippen molar-refractivity contribution in [2.75, 3.05) is 11.9 Å². The second kappa shape index (κ2) is 4.30. The van der Waals surface area contributed by atoms with Crippen molar-refractivity contribution in [2.45, 2.75) is 19.1 Å². The molecule has 0 bridgehead atoms. The molecule has 0 spiro atoms. The summed E-state index contributed by atoms with van der Waals surface area (Å²) >= 11 is 0. The molecular weight excluding hydrogens is 236 g/mol. The molecule has 2 atom stereocenters. The number of amides is 1. The van der Waals surface area contributed by atoms with Crippen LogP contribution in [0, 0.1) is 0 Å². The minimum atomic E-state index is -1.12. The predicted octanol–water partition coefficient (Wildman–Crippen LogP) is 0.515. The quantitative estimate of drug-likeness (QED) is 0.798. The van der Waals surface area contributed by atoms with Gasteiger partial charge >= 0.3 is 5.97 Å². The number of carbonyl (C=O) groups is 2. The highest BCUT2D eigenvalue weighted by atomic mass is 16.5. The second-order valence-electron chi connectivity index (χ2n) is 4.20. The van der Waals surface area contributed by atoms with Gasteiger partial charge in [0.15, 0.2) is 6.10 Å². The van der Waals surface area contributed by atoms with Gasteiger partial charge in [0.25, 0.3) is 5.91 Å². The van der Waals surface area contributed by atoms with Gasteiger partial charge in [0.05, 0.1) is 5.69 Å². The number of rotatable bonds is 2. The van der Waals surface area contributed by atoms with E-state index in [1.165, 1.54) is 4.90 Å². The molecule has 96 valence electrons. The Labute approximate surface area is 104 Å². The Morgan fingerprint density at radius 3 is 2.83 bits per heavy atom. The summed E-state index contributed by atoms with van der Waals surface area (Å²) in [7, 11) is 1.62. The van der Waals surface area contributed by atoms with Gasteiger partial charge in [-0.2, -0.15) is 0 Å². The highest BCUT2D eigenvalue weighted by Crippen LogP contribution is 2.34. The van der Waals surface area contributed by atoms with E-state index in [4.69, 9.17) is 15.6 Å². The third-order valence-electron chi connectivity index (χ3n) is 2.95. The molecule has 1 heterocycles. The molecule has 1 aliphatic rings. The lowest BCUT2D eigenvalue weighted by Gasteiger charge is -2.30. The Hall–Kier alpha value is -2.08. The molecule has 0 radical (unpaired) electrons. The molecule has 6 nitrogen and oxygen atoms in total. The van der Waals surface area contributed by atoms with Crippen LogP contribution < -0.4 is 15.4 Å². The Bertz CT molecular complexity index is 515. The van der Waals surface area contributed by atoms with Crippen molar-refractivity contribution >= 4 is 17.6 Å². The molecule has 18 heavy (non-hydrogen) atoms.